The van der Waals surface area contributed by atoms with Gasteiger partial charge in [-0.2, -0.15) is 13.2 Å². The second-order valence-electron chi connectivity index (χ2n) is 2.14. The Morgan fingerprint density at radius 2 is 1.62 bits per heavy atom. The maximum atomic E-state index is 12.1. The van der Waals surface area contributed by atoms with Crippen LogP contribution in [-0.2, 0) is 6.18 Å². The molecule has 0 aromatic heterocycles. The molecule has 0 aliphatic rings. The molecule has 6 heteroatoms. The number of hydrogen-bond donors (Lipinski definition) is 0. The molecule has 1 rings (SSSR count). The van der Waals surface area contributed by atoms with Crippen LogP contribution in [-0.4, -0.2) is 0 Å². The molecule has 1 aromatic rings. The van der Waals surface area contributed by atoms with Crippen molar-refractivity contribution >= 4 is 34.8 Å². The number of alkyl halides is 3. The molecule has 0 saturated heterocycles. The predicted molar refractivity (Wildman–Crippen MR) is 45.3 cm³/mol. The van der Waals surface area contributed by atoms with Crippen LogP contribution in [0.1, 0.15) is 5.56 Å². The molecule has 0 unspecified atom stereocenters. The van der Waals surface area contributed by atoms with Crippen LogP contribution in [0, 0.1) is 6.07 Å². The Bertz CT molecular complexity index is 332. The minimum atomic E-state index is -4.56. The van der Waals surface area contributed by atoms with Crippen molar-refractivity contribution in [2.24, 2.45) is 0 Å². The number of benzene rings is 1. The maximum absolute atomic E-state index is 12.1. The van der Waals surface area contributed by atoms with Crippen LogP contribution in [0.15, 0.2) is 6.07 Å². The van der Waals surface area contributed by atoms with Crippen molar-refractivity contribution in [1.29, 1.82) is 0 Å². The van der Waals surface area contributed by atoms with Crippen LogP contribution in [0.5, 0.6) is 0 Å². The van der Waals surface area contributed by atoms with Gasteiger partial charge >= 0.3 is 6.18 Å². The lowest BCUT2D eigenvalue weighted by Gasteiger charge is -2.09. The van der Waals surface area contributed by atoms with E-state index in [1.807, 2.05) is 6.07 Å². The number of halogens is 6. The maximum Gasteiger partial charge on any atom is 0.418 e. The van der Waals surface area contributed by atoms with Crippen molar-refractivity contribution in [1.82, 2.24) is 0 Å². The molecule has 0 saturated carbocycles. The average Bonchev–Trinajstić information content (AvgIpc) is 1.98. The van der Waals surface area contributed by atoms with Gasteiger partial charge in [0.15, 0.2) is 0 Å². The van der Waals surface area contributed by atoms with Gasteiger partial charge in [0.2, 0.25) is 0 Å². The molecule has 13 heavy (non-hydrogen) atoms. The van der Waals surface area contributed by atoms with Crippen molar-refractivity contribution in [2.45, 2.75) is 6.18 Å². The number of rotatable bonds is 0. The normalized spacial score (nSPS) is 11.8. The van der Waals surface area contributed by atoms with Crippen LogP contribution < -0.4 is 0 Å². The first kappa shape index (κ1) is 11.0. The van der Waals surface area contributed by atoms with E-state index in [4.69, 9.17) is 34.8 Å². The van der Waals surface area contributed by atoms with E-state index < -0.39 is 16.8 Å². The van der Waals surface area contributed by atoms with Crippen LogP contribution >= 0.6 is 34.8 Å². The molecule has 0 N–H and O–H groups in total. The third-order valence-electron chi connectivity index (χ3n) is 1.25. The van der Waals surface area contributed by atoms with Gasteiger partial charge in [0.25, 0.3) is 0 Å². The average molecular weight is 248 g/mol. The first-order valence-electron chi connectivity index (χ1n) is 2.96. The largest absolute Gasteiger partial charge is 0.418 e. The Kier molecular flexibility index (Phi) is 3.00. The van der Waals surface area contributed by atoms with Crippen LogP contribution in [0.2, 0.25) is 15.1 Å². The first-order chi connectivity index (χ1) is 5.84. The molecule has 71 valence electrons. The molecule has 1 aromatic carbocycles. The lowest BCUT2D eigenvalue weighted by molar-refractivity contribution is -0.137. The Morgan fingerprint density at radius 1 is 1.08 bits per heavy atom. The van der Waals surface area contributed by atoms with E-state index in [-0.39, 0.29) is 10.0 Å². The zero-order chi connectivity index (χ0) is 10.2. The summed E-state index contributed by atoms with van der Waals surface area (Å²) >= 11 is 16.1. The van der Waals surface area contributed by atoms with Gasteiger partial charge in [0, 0.05) is 0 Å². The van der Waals surface area contributed by atoms with Gasteiger partial charge in [-0.25, -0.2) is 0 Å². The van der Waals surface area contributed by atoms with E-state index in [0.29, 0.717) is 0 Å². The molecular weight excluding hydrogens is 247 g/mol. The van der Waals surface area contributed by atoms with Gasteiger partial charge < -0.3 is 0 Å². The number of hydrogen-bond acceptors (Lipinski definition) is 0. The second-order valence-corrected chi connectivity index (χ2v) is 3.30. The third kappa shape index (κ3) is 2.22. The Morgan fingerprint density at radius 3 is 2.08 bits per heavy atom. The van der Waals surface area contributed by atoms with Gasteiger partial charge in [0.05, 0.1) is 20.6 Å². The highest BCUT2D eigenvalue weighted by molar-refractivity contribution is 6.48. The van der Waals surface area contributed by atoms with E-state index in [0.717, 1.165) is 6.07 Å². The lowest BCUT2D eigenvalue weighted by atomic mass is 10.2. The minimum absolute atomic E-state index is 0.0559. The van der Waals surface area contributed by atoms with Crippen molar-refractivity contribution < 1.29 is 13.2 Å². The fourth-order valence-electron chi connectivity index (χ4n) is 0.683. The van der Waals surface area contributed by atoms with Gasteiger partial charge in [-0.3, -0.25) is 0 Å². The smallest absolute Gasteiger partial charge is 0.166 e. The van der Waals surface area contributed by atoms with E-state index in [1.165, 1.54) is 0 Å². The monoisotopic (exact) mass is 247 g/mol. The van der Waals surface area contributed by atoms with Crippen LogP contribution in [0.4, 0.5) is 13.2 Å². The van der Waals surface area contributed by atoms with Crippen molar-refractivity contribution in [3.8, 4) is 0 Å². The quantitative estimate of drug-likeness (QED) is 0.594. The predicted octanol–water partition coefficient (Wildman–Crippen LogP) is 4.47. The highest BCUT2D eigenvalue weighted by atomic mass is 35.5. The summed E-state index contributed by atoms with van der Waals surface area (Å²) in [6.45, 7) is 0. The minimum Gasteiger partial charge on any atom is -0.166 e. The first-order valence-corrected chi connectivity index (χ1v) is 4.10. The summed E-state index contributed by atoms with van der Waals surface area (Å²) in [6.07, 6.45) is -4.56. The fraction of sp³-hybridized carbons (Fsp3) is 0.143. The molecule has 0 nitrogen and oxygen atoms in total. The summed E-state index contributed by atoms with van der Waals surface area (Å²) in [4.78, 5) is 0. The molecule has 0 bridgehead atoms. The zero-order valence-electron chi connectivity index (χ0n) is 5.85. The summed E-state index contributed by atoms with van der Waals surface area (Å²) < 4.78 is 36.4. The highest BCUT2D eigenvalue weighted by Crippen LogP contribution is 2.40. The van der Waals surface area contributed by atoms with Crippen molar-refractivity contribution in [3.05, 3.63) is 32.8 Å². The summed E-state index contributed by atoms with van der Waals surface area (Å²) in [7, 11) is 0. The molecule has 0 aliphatic heterocycles. The second kappa shape index (κ2) is 3.56. The zero-order valence-corrected chi connectivity index (χ0v) is 8.11. The van der Waals surface area contributed by atoms with Gasteiger partial charge in [-0.05, 0) is 12.1 Å². The van der Waals surface area contributed by atoms with E-state index >= 15 is 0 Å². The molecule has 0 aliphatic carbocycles. The van der Waals surface area contributed by atoms with E-state index in [2.05, 4.69) is 0 Å². The summed E-state index contributed by atoms with van der Waals surface area (Å²) in [5, 5.41) is -0.990. The topological polar surface area (TPSA) is 0 Å². The summed E-state index contributed by atoms with van der Waals surface area (Å²) in [5.41, 5.74) is -1.11. The molecule has 0 amide bonds. The summed E-state index contributed by atoms with van der Waals surface area (Å²) in [5.74, 6) is 0. The fourth-order valence-corrected chi connectivity index (χ4v) is 1.29. The van der Waals surface area contributed by atoms with E-state index in [1.54, 1.807) is 0 Å². The van der Waals surface area contributed by atoms with Gasteiger partial charge in [-0.15, -0.1) is 0 Å². The van der Waals surface area contributed by atoms with E-state index in [9.17, 15) is 13.2 Å². The Labute approximate surface area is 87.2 Å². The highest BCUT2D eigenvalue weighted by Gasteiger charge is 2.34. The molecule has 0 spiro atoms. The SMILES string of the molecule is FC(F)(F)c1[c]cc(Cl)c(Cl)c1Cl. The Balaban J connectivity index is 3.35. The standard InChI is InChI=1S/C7HCl3F3/c8-4-2-1-3(7(11,12)13)5(9)6(4)10/h2H. The van der Waals surface area contributed by atoms with Gasteiger partial charge in [-0.1, -0.05) is 34.8 Å². The molecule has 0 fully saturated rings. The molecule has 1 radical (unpaired) electrons. The van der Waals surface area contributed by atoms with Crippen LogP contribution in [0.25, 0.3) is 0 Å². The third-order valence-corrected chi connectivity index (χ3v) is 2.51. The van der Waals surface area contributed by atoms with Crippen LogP contribution in [0.3, 0.4) is 0 Å². The van der Waals surface area contributed by atoms with Gasteiger partial charge in [0.1, 0.15) is 0 Å². The molecular formula is C7HCl3F3. The molecule has 0 heterocycles. The molecule has 0 atom stereocenters. The Hall–Kier alpha value is -0.120. The summed E-state index contributed by atoms with van der Waals surface area (Å²) in [6, 6.07) is 2.84. The van der Waals surface area contributed by atoms with Crippen molar-refractivity contribution in [2.75, 3.05) is 0 Å². The lowest BCUT2D eigenvalue weighted by Crippen LogP contribution is -2.06. The van der Waals surface area contributed by atoms with Crippen molar-refractivity contribution in [3.63, 3.8) is 0 Å².